The number of nitrogens with zero attached hydrogens (tertiary/aromatic N) is 1. The molecule has 0 saturated carbocycles. The minimum atomic E-state index is -0.127. The summed E-state index contributed by atoms with van der Waals surface area (Å²) in [4.78, 5) is 13.2. The molecule has 0 aromatic carbocycles. The molecule has 1 fully saturated rings. The van der Waals surface area contributed by atoms with Crippen molar-refractivity contribution in [3.8, 4) is 0 Å². The highest BCUT2D eigenvalue weighted by molar-refractivity contribution is 5.69. The maximum Gasteiger partial charge on any atom is 0.306 e. The van der Waals surface area contributed by atoms with Crippen LogP contribution in [0.2, 0.25) is 0 Å². The highest BCUT2D eigenvalue weighted by Gasteiger charge is 2.14. The van der Waals surface area contributed by atoms with Crippen molar-refractivity contribution in [3.05, 3.63) is 0 Å². The lowest BCUT2D eigenvalue weighted by Gasteiger charge is -2.24. The first-order chi connectivity index (χ1) is 7.72. The Morgan fingerprint density at radius 2 is 2.06 bits per heavy atom. The largest absolute Gasteiger partial charge is 0.469 e. The Hall–Kier alpha value is -0.610. The molecule has 1 aliphatic heterocycles. The average Bonchev–Trinajstić information content (AvgIpc) is 2.34. The van der Waals surface area contributed by atoms with E-state index < -0.39 is 0 Å². The van der Waals surface area contributed by atoms with Gasteiger partial charge in [-0.25, -0.2) is 0 Å². The lowest BCUT2D eigenvalue weighted by atomic mass is 9.96. The molecule has 1 heterocycles. The van der Waals surface area contributed by atoms with Gasteiger partial charge in [0.15, 0.2) is 0 Å². The maximum absolute atomic E-state index is 11.0. The molecule has 1 rings (SSSR count). The molecule has 4 heteroatoms. The van der Waals surface area contributed by atoms with Crippen LogP contribution in [-0.4, -0.2) is 51.3 Å². The van der Waals surface area contributed by atoms with Crippen molar-refractivity contribution in [2.45, 2.75) is 25.7 Å². The first-order valence-electron chi connectivity index (χ1n) is 6.05. The predicted molar refractivity (Wildman–Crippen MR) is 62.3 cm³/mol. The SMILES string of the molecule is COC(=O)CCN(C)CCC1CCOCC1. The van der Waals surface area contributed by atoms with Gasteiger partial charge in [0, 0.05) is 19.8 Å². The number of hydrogen-bond acceptors (Lipinski definition) is 4. The molecule has 1 saturated heterocycles. The second kappa shape index (κ2) is 7.63. The van der Waals surface area contributed by atoms with Crippen molar-refractivity contribution in [1.29, 1.82) is 0 Å². The van der Waals surface area contributed by atoms with E-state index in [1.165, 1.54) is 26.4 Å². The molecule has 0 radical (unpaired) electrons. The van der Waals surface area contributed by atoms with E-state index in [1.54, 1.807) is 0 Å². The third-order valence-electron chi connectivity index (χ3n) is 3.19. The molecule has 0 bridgehead atoms. The van der Waals surface area contributed by atoms with Crippen LogP contribution in [0.25, 0.3) is 0 Å². The number of carbonyl (C=O) groups excluding carboxylic acids is 1. The van der Waals surface area contributed by atoms with Crippen LogP contribution in [0.4, 0.5) is 0 Å². The monoisotopic (exact) mass is 229 g/mol. The summed E-state index contributed by atoms with van der Waals surface area (Å²) in [6, 6.07) is 0. The normalized spacial score (nSPS) is 17.7. The van der Waals surface area contributed by atoms with E-state index in [-0.39, 0.29) is 5.97 Å². The van der Waals surface area contributed by atoms with Crippen LogP contribution >= 0.6 is 0 Å². The summed E-state index contributed by atoms with van der Waals surface area (Å²) in [6.07, 6.45) is 4.07. The Labute approximate surface area is 97.9 Å². The molecule has 0 aromatic rings. The predicted octanol–water partition coefficient (Wildman–Crippen LogP) is 1.30. The van der Waals surface area contributed by atoms with Crippen molar-refractivity contribution >= 4 is 5.97 Å². The maximum atomic E-state index is 11.0. The number of ether oxygens (including phenoxy) is 2. The number of hydrogen-bond donors (Lipinski definition) is 0. The fourth-order valence-electron chi connectivity index (χ4n) is 1.93. The summed E-state index contributed by atoms with van der Waals surface area (Å²) >= 11 is 0. The highest BCUT2D eigenvalue weighted by Crippen LogP contribution is 2.18. The van der Waals surface area contributed by atoms with Crippen molar-refractivity contribution in [2.75, 3.05) is 40.5 Å². The van der Waals surface area contributed by atoms with Crippen LogP contribution in [-0.2, 0) is 14.3 Å². The molecule has 0 aliphatic carbocycles. The Balaban J connectivity index is 2.04. The van der Waals surface area contributed by atoms with Gasteiger partial charge in [0.2, 0.25) is 0 Å². The molecule has 1 aliphatic rings. The van der Waals surface area contributed by atoms with Gasteiger partial charge in [0.25, 0.3) is 0 Å². The first kappa shape index (κ1) is 13.5. The summed E-state index contributed by atoms with van der Waals surface area (Å²) in [5, 5.41) is 0. The van der Waals surface area contributed by atoms with Gasteiger partial charge >= 0.3 is 5.97 Å². The van der Waals surface area contributed by atoms with Gasteiger partial charge < -0.3 is 14.4 Å². The van der Waals surface area contributed by atoms with E-state index in [0.717, 1.165) is 32.2 Å². The van der Waals surface area contributed by atoms with Gasteiger partial charge in [0.05, 0.1) is 13.5 Å². The average molecular weight is 229 g/mol. The van der Waals surface area contributed by atoms with E-state index in [0.29, 0.717) is 6.42 Å². The van der Waals surface area contributed by atoms with Crippen molar-refractivity contribution in [2.24, 2.45) is 5.92 Å². The first-order valence-corrected chi connectivity index (χ1v) is 6.05. The summed E-state index contributed by atoms with van der Waals surface area (Å²) in [7, 11) is 3.49. The quantitative estimate of drug-likeness (QED) is 0.643. The smallest absolute Gasteiger partial charge is 0.306 e. The molecule has 0 atom stereocenters. The fraction of sp³-hybridized carbons (Fsp3) is 0.917. The summed E-state index contributed by atoms with van der Waals surface area (Å²) in [6.45, 7) is 3.67. The van der Waals surface area contributed by atoms with Gasteiger partial charge in [-0.1, -0.05) is 0 Å². The fourth-order valence-corrected chi connectivity index (χ4v) is 1.93. The summed E-state index contributed by atoms with van der Waals surface area (Å²) < 4.78 is 9.94. The molecule has 0 amide bonds. The van der Waals surface area contributed by atoms with Crippen LogP contribution in [0.15, 0.2) is 0 Å². The standard InChI is InChI=1S/C12H23NO3/c1-13(8-4-12(14)15-2)7-3-11-5-9-16-10-6-11/h11H,3-10H2,1-2H3. The molecular weight excluding hydrogens is 206 g/mol. The summed E-state index contributed by atoms with van der Waals surface area (Å²) in [5.41, 5.74) is 0. The number of esters is 1. The van der Waals surface area contributed by atoms with E-state index in [2.05, 4.69) is 16.7 Å². The molecule has 16 heavy (non-hydrogen) atoms. The minimum Gasteiger partial charge on any atom is -0.469 e. The van der Waals surface area contributed by atoms with Crippen LogP contribution in [0, 0.1) is 5.92 Å². The zero-order valence-electron chi connectivity index (χ0n) is 10.4. The number of methoxy groups -OCH3 is 1. The van der Waals surface area contributed by atoms with Crippen molar-refractivity contribution in [3.63, 3.8) is 0 Å². The topological polar surface area (TPSA) is 38.8 Å². The van der Waals surface area contributed by atoms with Crippen LogP contribution in [0.5, 0.6) is 0 Å². The Kier molecular flexibility index (Phi) is 6.42. The van der Waals surface area contributed by atoms with Crippen molar-refractivity contribution < 1.29 is 14.3 Å². The van der Waals surface area contributed by atoms with Gasteiger partial charge in [-0.3, -0.25) is 4.79 Å². The lowest BCUT2D eigenvalue weighted by Crippen LogP contribution is -2.26. The Bertz CT molecular complexity index is 202. The minimum absolute atomic E-state index is 0.127. The molecule has 0 N–H and O–H groups in total. The third-order valence-corrected chi connectivity index (χ3v) is 3.19. The molecule has 0 unspecified atom stereocenters. The number of carbonyl (C=O) groups is 1. The zero-order chi connectivity index (χ0) is 11.8. The number of rotatable bonds is 6. The molecule has 0 aromatic heterocycles. The second-order valence-electron chi connectivity index (χ2n) is 4.47. The van der Waals surface area contributed by atoms with E-state index in [4.69, 9.17) is 4.74 Å². The molecular formula is C12H23NO3. The molecule has 0 spiro atoms. The van der Waals surface area contributed by atoms with Crippen LogP contribution in [0.3, 0.4) is 0 Å². The van der Waals surface area contributed by atoms with Gasteiger partial charge in [0.1, 0.15) is 0 Å². The van der Waals surface area contributed by atoms with E-state index in [1.807, 2.05) is 0 Å². The zero-order valence-corrected chi connectivity index (χ0v) is 10.4. The molecule has 4 nitrogen and oxygen atoms in total. The van der Waals surface area contributed by atoms with Crippen molar-refractivity contribution in [1.82, 2.24) is 4.90 Å². The van der Waals surface area contributed by atoms with Gasteiger partial charge in [-0.15, -0.1) is 0 Å². The summed E-state index contributed by atoms with van der Waals surface area (Å²) in [5.74, 6) is 0.673. The van der Waals surface area contributed by atoms with Crippen LogP contribution in [0.1, 0.15) is 25.7 Å². The third kappa shape index (κ3) is 5.47. The lowest BCUT2D eigenvalue weighted by molar-refractivity contribution is -0.140. The highest BCUT2D eigenvalue weighted by atomic mass is 16.5. The van der Waals surface area contributed by atoms with Gasteiger partial charge in [-0.2, -0.15) is 0 Å². The van der Waals surface area contributed by atoms with Crippen LogP contribution < -0.4 is 0 Å². The second-order valence-corrected chi connectivity index (χ2v) is 4.47. The van der Waals surface area contributed by atoms with E-state index >= 15 is 0 Å². The van der Waals surface area contributed by atoms with Gasteiger partial charge in [-0.05, 0) is 38.8 Å². The van der Waals surface area contributed by atoms with E-state index in [9.17, 15) is 4.79 Å². The Morgan fingerprint density at radius 1 is 1.38 bits per heavy atom. The Morgan fingerprint density at radius 3 is 2.69 bits per heavy atom. The molecule has 94 valence electrons.